The molecule has 182 valence electrons. The minimum Gasteiger partial charge on any atom is -0.384 e. The van der Waals surface area contributed by atoms with Crippen LogP contribution in [0.15, 0.2) is 93.3 Å². The van der Waals surface area contributed by atoms with E-state index in [4.69, 9.17) is 4.99 Å². The van der Waals surface area contributed by atoms with Gasteiger partial charge in [0.15, 0.2) is 0 Å². The van der Waals surface area contributed by atoms with Crippen LogP contribution in [0.2, 0.25) is 0 Å². The topological polar surface area (TPSA) is 81.4 Å². The van der Waals surface area contributed by atoms with Crippen molar-refractivity contribution in [2.45, 2.75) is 38.1 Å². The van der Waals surface area contributed by atoms with Crippen molar-refractivity contribution in [1.82, 2.24) is 14.6 Å². The average Bonchev–Trinajstić information content (AvgIpc) is 2.91. The number of allylic oxidation sites excluding steroid dienone is 5. The molecule has 2 heterocycles. The lowest BCUT2D eigenvalue weighted by atomic mass is 9.92. The summed E-state index contributed by atoms with van der Waals surface area (Å²) in [5.74, 6) is 0.227. The predicted octanol–water partition coefficient (Wildman–Crippen LogP) is 5.63. The van der Waals surface area contributed by atoms with Crippen LogP contribution in [0, 0.1) is 17.2 Å². The van der Waals surface area contributed by atoms with Crippen LogP contribution < -0.4 is 5.32 Å². The first-order valence-corrected chi connectivity index (χ1v) is 13.4. The first kappa shape index (κ1) is 26.7. The summed E-state index contributed by atoms with van der Waals surface area (Å²) in [5, 5.41) is 12.8. The van der Waals surface area contributed by atoms with Gasteiger partial charge in [0.25, 0.3) is 0 Å². The molecular formula is C27H30BrN5OS. The molecule has 0 bridgehead atoms. The van der Waals surface area contributed by atoms with E-state index in [9.17, 15) is 9.47 Å². The van der Waals surface area contributed by atoms with Gasteiger partial charge in [-0.25, -0.2) is 8.51 Å². The van der Waals surface area contributed by atoms with Crippen molar-refractivity contribution in [2.75, 3.05) is 13.1 Å². The summed E-state index contributed by atoms with van der Waals surface area (Å²) in [6, 6.07) is 13.2. The smallest absolute Gasteiger partial charge is 0.128 e. The van der Waals surface area contributed by atoms with E-state index in [1.807, 2.05) is 42.5 Å². The molecule has 0 spiro atoms. The second-order valence-electron chi connectivity index (χ2n) is 8.28. The number of aliphatic imine (C=N–C) groups is 1. The molecule has 8 heteroatoms. The minimum atomic E-state index is -1.36. The summed E-state index contributed by atoms with van der Waals surface area (Å²) in [6.07, 6.45) is 9.11. The second kappa shape index (κ2) is 13.3. The third-order valence-corrected chi connectivity index (χ3v) is 8.25. The third-order valence-electron chi connectivity index (χ3n) is 5.78. The van der Waals surface area contributed by atoms with Crippen LogP contribution in [-0.2, 0) is 17.5 Å². The van der Waals surface area contributed by atoms with Crippen LogP contribution in [0.1, 0.15) is 37.8 Å². The Labute approximate surface area is 218 Å². The lowest BCUT2D eigenvalue weighted by molar-refractivity contribution is 0.331. The number of hydrogen-bond acceptors (Lipinski definition) is 5. The summed E-state index contributed by atoms with van der Waals surface area (Å²) in [6.45, 7) is 9.84. The number of benzene rings is 1. The summed E-state index contributed by atoms with van der Waals surface area (Å²) >= 11 is 3.53. The molecule has 1 N–H and O–H groups in total. The van der Waals surface area contributed by atoms with Gasteiger partial charge >= 0.3 is 0 Å². The SMILES string of the molecule is C=C/C(Br)=C(C)/N=C(\C=C(/C)NCc1cccnc1)C1CCN(S(=O)c2ccccc2C#N)CC1. The van der Waals surface area contributed by atoms with Gasteiger partial charge in [0.2, 0.25) is 0 Å². The Morgan fingerprint density at radius 1 is 1.31 bits per heavy atom. The van der Waals surface area contributed by atoms with Gasteiger partial charge in [0.05, 0.1) is 16.2 Å². The number of aromatic nitrogens is 1. The standard InChI is InChI=1S/C27H30BrN5OS/c1-4-25(28)21(3)32-26(16-20(2)31-19-22-8-7-13-30-18-22)23-11-14-33(15-12-23)35(34)27-10-6-5-9-24(27)17-29/h4-10,13,16,18,23,31H,1,11-12,14-15,19H2,2-3H3/b20-16+,25-21-,32-26+. The maximum atomic E-state index is 13.2. The quantitative estimate of drug-likeness (QED) is 0.323. The Kier molecular flexibility index (Phi) is 10.2. The van der Waals surface area contributed by atoms with Crippen molar-refractivity contribution in [1.29, 1.82) is 5.26 Å². The molecule has 0 saturated carbocycles. The average molecular weight is 553 g/mol. The van der Waals surface area contributed by atoms with Gasteiger partial charge in [-0.3, -0.25) is 9.98 Å². The highest BCUT2D eigenvalue weighted by Gasteiger charge is 2.27. The molecule has 2 aromatic rings. The molecule has 0 radical (unpaired) electrons. The Hall–Kier alpha value is -2.86. The van der Waals surface area contributed by atoms with Crippen LogP contribution in [-0.4, -0.2) is 32.3 Å². The number of piperidine rings is 1. The van der Waals surface area contributed by atoms with E-state index >= 15 is 0 Å². The van der Waals surface area contributed by atoms with E-state index in [-0.39, 0.29) is 5.92 Å². The molecule has 0 aliphatic carbocycles. The lowest BCUT2D eigenvalue weighted by Gasteiger charge is -2.31. The van der Waals surface area contributed by atoms with E-state index in [0.29, 0.717) is 30.1 Å². The van der Waals surface area contributed by atoms with Crippen LogP contribution in [0.5, 0.6) is 0 Å². The van der Waals surface area contributed by atoms with Gasteiger partial charge in [-0.15, -0.1) is 0 Å². The first-order valence-electron chi connectivity index (χ1n) is 11.5. The van der Waals surface area contributed by atoms with Gasteiger partial charge in [0.1, 0.15) is 17.1 Å². The fraction of sp³-hybridized carbons (Fsp3) is 0.296. The van der Waals surface area contributed by atoms with E-state index in [1.54, 1.807) is 30.5 Å². The lowest BCUT2D eigenvalue weighted by Crippen LogP contribution is -2.37. The van der Waals surface area contributed by atoms with Crippen molar-refractivity contribution in [3.05, 3.63) is 94.5 Å². The molecule has 1 aliphatic rings. The second-order valence-corrected chi connectivity index (χ2v) is 10.6. The molecule has 1 saturated heterocycles. The Balaban J connectivity index is 1.75. The molecule has 3 rings (SSSR count). The highest BCUT2D eigenvalue weighted by molar-refractivity contribution is 9.11. The van der Waals surface area contributed by atoms with Crippen molar-refractivity contribution in [3.8, 4) is 6.07 Å². The first-order chi connectivity index (χ1) is 16.9. The zero-order valence-electron chi connectivity index (χ0n) is 20.1. The van der Waals surface area contributed by atoms with Gasteiger partial charge in [-0.2, -0.15) is 5.26 Å². The van der Waals surface area contributed by atoms with Gasteiger partial charge in [0, 0.05) is 53.8 Å². The molecule has 1 aliphatic heterocycles. The molecule has 35 heavy (non-hydrogen) atoms. The number of nitrogens with one attached hydrogen (secondary N) is 1. The molecule has 0 amide bonds. The Morgan fingerprint density at radius 3 is 2.71 bits per heavy atom. The minimum absolute atomic E-state index is 0.227. The van der Waals surface area contributed by atoms with E-state index in [2.05, 4.69) is 45.0 Å². The highest BCUT2D eigenvalue weighted by atomic mass is 79.9. The molecule has 6 nitrogen and oxygen atoms in total. The normalized spacial score (nSPS) is 17.3. The number of nitrogens with zero attached hydrogens (tertiary/aromatic N) is 4. The van der Waals surface area contributed by atoms with Crippen LogP contribution >= 0.6 is 15.9 Å². The van der Waals surface area contributed by atoms with Crippen molar-refractivity contribution >= 4 is 32.6 Å². The largest absolute Gasteiger partial charge is 0.384 e. The van der Waals surface area contributed by atoms with Gasteiger partial charge < -0.3 is 5.32 Å². The third kappa shape index (κ3) is 7.56. The number of rotatable bonds is 9. The summed E-state index contributed by atoms with van der Waals surface area (Å²) < 4.78 is 16.0. The maximum Gasteiger partial charge on any atom is 0.128 e. The number of hydrogen-bond donors (Lipinski definition) is 1. The van der Waals surface area contributed by atoms with Crippen LogP contribution in [0.4, 0.5) is 0 Å². The molecular weight excluding hydrogens is 522 g/mol. The molecule has 1 fully saturated rings. The number of halogens is 1. The van der Waals surface area contributed by atoms with Gasteiger partial charge in [-0.05, 0) is 72.5 Å². The molecule has 1 atom stereocenters. The molecule has 1 aromatic carbocycles. The van der Waals surface area contributed by atoms with Crippen LogP contribution in [0.25, 0.3) is 0 Å². The summed E-state index contributed by atoms with van der Waals surface area (Å²) in [4.78, 5) is 9.68. The van der Waals surface area contributed by atoms with Crippen LogP contribution in [0.3, 0.4) is 0 Å². The Bertz CT molecular complexity index is 1190. The molecule has 1 aromatic heterocycles. The zero-order chi connectivity index (χ0) is 25.2. The van der Waals surface area contributed by atoms with Gasteiger partial charge in [-0.1, -0.05) is 30.9 Å². The fourth-order valence-corrected chi connectivity index (χ4v) is 5.23. The highest BCUT2D eigenvalue weighted by Crippen LogP contribution is 2.26. The van der Waals surface area contributed by atoms with E-state index in [1.165, 1.54) is 0 Å². The number of pyridine rings is 1. The number of nitriles is 1. The van der Waals surface area contributed by atoms with Crippen molar-refractivity contribution in [3.63, 3.8) is 0 Å². The van der Waals surface area contributed by atoms with Crippen molar-refractivity contribution in [2.24, 2.45) is 10.9 Å². The summed E-state index contributed by atoms with van der Waals surface area (Å²) in [7, 11) is -1.36. The van der Waals surface area contributed by atoms with E-state index < -0.39 is 11.0 Å². The van der Waals surface area contributed by atoms with Crippen molar-refractivity contribution < 1.29 is 4.21 Å². The predicted molar refractivity (Wildman–Crippen MR) is 146 cm³/mol. The monoisotopic (exact) mass is 551 g/mol. The fourth-order valence-electron chi connectivity index (χ4n) is 3.82. The zero-order valence-corrected chi connectivity index (χ0v) is 22.5. The summed E-state index contributed by atoms with van der Waals surface area (Å²) in [5.41, 5.74) is 4.44. The molecule has 1 unspecified atom stereocenters. The maximum absolute atomic E-state index is 13.2. The van der Waals surface area contributed by atoms with E-state index in [0.717, 1.165) is 40.0 Å². The Morgan fingerprint density at radius 2 is 2.06 bits per heavy atom.